The van der Waals surface area contributed by atoms with E-state index < -0.39 is 0 Å². The minimum absolute atomic E-state index is 0.00904. The molecule has 1 amide bonds. The molecule has 1 aliphatic carbocycles. The lowest BCUT2D eigenvalue weighted by molar-refractivity contribution is -0.132. The fraction of sp³-hybridized carbons (Fsp3) is 0.409. The monoisotopic (exact) mass is 385 g/mol. The quantitative estimate of drug-likeness (QED) is 0.698. The highest BCUT2D eigenvalue weighted by Crippen LogP contribution is 2.40. The molecule has 28 heavy (non-hydrogen) atoms. The van der Waals surface area contributed by atoms with Gasteiger partial charge in [0.25, 0.3) is 5.91 Å². The molecule has 0 spiro atoms. The van der Waals surface area contributed by atoms with Gasteiger partial charge in [-0.1, -0.05) is 6.07 Å². The summed E-state index contributed by atoms with van der Waals surface area (Å²) in [6.07, 6.45) is 3.40. The zero-order chi connectivity index (χ0) is 20.1. The Balaban J connectivity index is 1.64. The second kappa shape index (κ2) is 8.87. The van der Waals surface area contributed by atoms with Crippen LogP contribution in [0.15, 0.2) is 30.3 Å². The number of hydrogen-bond donors (Lipinski definition) is 0. The van der Waals surface area contributed by atoms with Crippen LogP contribution in [0.2, 0.25) is 0 Å². The molecule has 0 atom stereocenters. The van der Waals surface area contributed by atoms with Crippen LogP contribution in [0.25, 0.3) is 0 Å². The molecular formula is C22H27NO5. The average molecular weight is 385 g/mol. The zero-order valence-corrected chi connectivity index (χ0v) is 16.9. The first-order chi connectivity index (χ1) is 13.6. The van der Waals surface area contributed by atoms with Crippen molar-refractivity contribution in [3.05, 3.63) is 47.0 Å². The van der Waals surface area contributed by atoms with Crippen molar-refractivity contribution in [3.63, 3.8) is 0 Å². The van der Waals surface area contributed by atoms with Crippen LogP contribution in [0, 0.1) is 0 Å². The third-order valence-corrected chi connectivity index (χ3v) is 5.05. The SMILES string of the molecule is COc1ccc(CN(C)C(=O)COc2ccc3c(c2)CCC3)c(OC)c1OC. The van der Waals surface area contributed by atoms with Gasteiger partial charge < -0.3 is 23.8 Å². The van der Waals surface area contributed by atoms with E-state index in [4.69, 9.17) is 18.9 Å². The van der Waals surface area contributed by atoms with Crippen molar-refractivity contribution >= 4 is 5.91 Å². The second-order valence-electron chi connectivity index (χ2n) is 6.82. The summed E-state index contributed by atoms with van der Waals surface area (Å²) in [5, 5.41) is 0. The first-order valence-electron chi connectivity index (χ1n) is 9.33. The highest BCUT2D eigenvalue weighted by molar-refractivity contribution is 5.77. The van der Waals surface area contributed by atoms with Crippen molar-refractivity contribution in [1.29, 1.82) is 0 Å². The predicted octanol–water partition coefficient (Wildman–Crippen LogP) is 3.24. The summed E-state index contributed by atoms with van der Waals surface area (Å²) in [5.41, 5.74) is 3.54. The summed E-state index contributed by atoms with van der Waals surface area (Å²) in [7, 11) is 6.44. The number of fused-ring (bicyclic) bond motifs is 1. The Morgan fingerprint density at radius 2 is 1.71 bits per heavy atom. The van der Waals surface area contributed by atoms with Crippen molar-refractivity contribution in [2.45, 2.75) is 25.8 Å². The normalized spacial score (nSPS) is 12.3. The summed E-state index contributed by atoms with van der Waals surface area (Å²) in [5.74, 6) is 2.28. The van der Waals surface area contributed by atoms with E-state index in [0.717, 1.165) is 24.2 Å². The molecule has 3 rings (SSSR count). The van der Waals surface area contributed by atoms with E-state index in [-0.39, 0.29) is 12.5 Å². The van der Waals surface area contributed by atoms with E-state index in [0.29, 0.717) is 23.8 Å². The van der Waals surface area contributed by atoms with Crippen molar-refractivity contribution in [1.82, 2.24) is 4.90 Å². The minimum Gasteiger partial charge on any atom is -0.493 e. The molecule has 0 saturated carbocycles. The molecule has 0 heterocycles. The Kier molecular flexibility index (Phi) is 6.29. The third kappa shape index (κ3) is 4.16. The summed E-state index contributed by atoms with van der Waals surface area (Å²) in [6, 6.07) is 9.75. The zero-order valence-electron chi connectivity index (χ0n) is 16.9. The van der Waals surface area contributed by atoms with Gasteiger partial charge in [0.1, 0.15) is 5.75 Å². The molecular weight excluding hydrogens is 358 g/mol. The summed E-state index contributed by atoms with van der Waals surface area (Å²) in [6.45, 7) is 0.362. The number of carbonyl (C=O) groups is 1. The lowest BCUT2D eigenvalue weighted by Crippen LogP contribution is -2.31. The largest absolute Gasteiger partial charge is 0.493 e. The number of likely N-dealkylation sites (N-methyl/N-ethyl adjacent to an activating group) is 1. The van der Waals surface area contributed by atoms with Crippen LogP contribution < -0.4 is 18.9 Å². The molecule has 0 radical (unpaired) electrons. The number of methoxy groups -OCH3 is 3. The van der Waals surface area contributed by atoms with Crippen molar-refractivity contribution in [2.24, 2.45) is 0 Å². The second-order valence-corrected chi connectivity index (χ2v) is 6.82. The van der Waals surface area contributed by atoms with Crippen LogP contribution in [-0.4, -0.2) is 45.8 Å². The molecule has 0 aromatic heterocycles. The van der Waals surface area contributed by atoms with Gasteiger partial charge in [-0.05, 0) is 54.7 Å². The van der Waals surface area contributed by atoms with Crippen LogP contribution in [0.3, 0.4) is 0 Å². The maximum absolute atomic E-state index is 12.5. The van der Waals surface area contributed by atoms with Gasteiger partial charge in [0.05, 0.1) is 21.3 Å². The molecule has 2 aromatic rings. The van der Waals surface area contributed by atoms with E-state index in [2.05, 4.69) is 6.07 Å². The summed E-state index contributed by atoms with van der Waals surface area (Å²) in [4.78, 5) is 14.1. The molecule has 0 unspecified atom stereocenters. The molecule has 6 nitrogen and oxygen atoms in total. The molecule has 0 bridgehead atoms. The van der Waals surface area contributed by atoms with E-state index in [9.17, 15) is 4.79 Å². The maximum atomic E-state index is 12.5. The molecule has 6 heteroatoms. The van der Waals surface area contributed by atoms with Crippen molar-refractivity contribution in [2.75, 3.05) is 35.0 Å². The third-order valence-electron chi connectivity index (χ3n) is 5.05. The van der Waals surface area contributed by atoms with Crippen LogP contribution in [0.1, 0.15) is 23.1 Å². The molecule has 0 fully saturated rings. The Labute approximate surface area is 166 Å². The topological polar surface area (TPSA) is 57.2 Å². The van der Waals surface area contributed by atoms with E-state index in [1.165, 1.54) is 17.5 Å². The van der Waals surface area contributed by atoms with E-state index in [1.807, 2.05) is 18.2 Å². The highest BCUT2D eigenvalue weighted by atomic mass is 16.5. The molecule has 150 valence electrons. The Hall–Kier alpha value is -2.89. The van der Waals surface area contributed by atoms with Gasteiger partial charge in [0.2, 0.25) is 5.75 Å². The number of carbonyl (C=O) groups excluding carboxylic acids is 1. The molecule has 0 saturated heterocycles. The Morgan fingerprint density at radius 1 is 0.964 bits per heavy atom. The fourth-order valence-corrected chi connectivity index (χ4v) is 3.52. The van der Waals surface area contributed by atoms with Gasteiger partial charge in [0.15, 0.2) is 18.1 Å². The lowest BCUT2D eigenvalue weighted by Gasteiger charge is -2.21. The smallest absolute Gasteiger partial charge is 0.260 e. The lowest BCUT2D eigenvalue weighted by atomic mass is 10.1. The van der Waals surface area contributed by atoms with Crippen LogP contribution in [0.4, 0.5) is 0 Å². The first kappa shape index (κ1) is 19.9. The standard InChI is InChI=1S/C22H27NO5/c1-23(13-17-9-11-19(25-2)22(27-4)21(17)26-3)20(24)14-28-18-10-8-15-6-5-7-16(15)12-18/h8-12H,5-7,13-14H2,1-4H3. The van der Waals surface area contributed by atoms with Gasteiger partial charge >= 0.3 is 0 Å². The number of amides is 1. The molecule has 2 aromatic carbocycles. The minimum atomic E-state index is -0.114. The maximum Gasteiger partial charge on any atom is 0.260 e. The summed E-state index contributed by atoms with van der Waals surface area (Å²) >= 11 is 0. The number of aryl methyl sites for hydroxylation is 2. The average Bonchev–Trinajstić information content (AvgIpc) is 3.19. The highest BCUT2D eigenvalue weighted by Gasteiger charge is 2.19. The van der Waals surface area contributed by atoms with Gasteiger partial charge in [-0.2, -0.15) is 0 Å². The number of benzene rings is 2. The first-order valence-corrected chi connectivity index (χ1v) is 9.33. The Bertz CT molecular complexity index is 849. The van der Waals surface area contributed by atoms with Gasteiger partial charge in [-0.15, -0.1) is 0 Å². The summed E-state index contributed by atoms with van der Waals surface area (Å²) < 4.78 is 21.9. The van der Waals surface area contributed by atoms with E-state index >= 15 is 0 Å². The van der Waals surface area contributed by atoms with Crippen LogP contribution in [-0.2, 0) is 24.2 Å². The number of rotatable bonds is 8. The molecule has 0 N–H and O–H groups in total. The molecule has 1 aliphatic rings. The van der Waals surface area contributed by atoms with Gasteiger partial charge in [-0.3, -0.25) is 4.79 Å². The Morgan fingerprint density at radius 3 is 2.43 bits per heavy atom. The van der Waals surface area contributed by atoms with Crippen molar-refractivity contribution < 1.29 is 23.7 Å². The predicted molar refractivity (Wildman–Crippen MR) is 107 cm³/mol. The number of ether oxygens (including phenoxy) is 4. The molecule has 0 aliphatic heterocycles. The van der Waals surface area contributed by atoms with E-state index in [1.54, 1.807) is 39.3 Å². The van der Waals surface area contributed by atoms with Crippen LogP contribution in [0.5, 0.6) is 23.0 Å². The van der Waals surface area contributed by atoms with Gasteiger partial charge in [-0.25, -0.2) is 0 Å². The van der Waals surface area contributed by atoms with Gasteiger partial charge in [0, 0.05) is 19.2 Å². The fourth-order valence-electron chi connectivity index (χ4n) is 3.52. The van der Waals surface area contributed by atoms with Crippen molar-refractivity contribution in [3.8, 4) is 23.0 Å². The van der Waals surface area contributed by atoms with Crippen LogP contribution >= 0.6 is 0 Å². The number of nitrogens with zero attached hydrogens (tertiary/aromatic N) is 1. The number of hydrogen-bond acceptors (Lipinski definition) is 5.